The molecule has 0 heterocycles. The second kappa shape index (κ2) is 4.39. The summed E-state index contributed by atoms with van der Waals surface area (Å²) in [5.41, 5.74) is 0.827. The van der Waals surface area contributed by atoms with Crippen LogP contribution in [0.5, 0.6) is 0 Å². The van der Waals surface area contributed by atoms with Gasteiger partial charge in [-0.05, 0) is 73.0 Å². The highest BCUT2D eigenvalue weighted by atomic mass is 16.3. The Kier molecular flexibility index (Phi) is 3.03. The van der Waals surface area contributed by atoms with Crippen molar-refractivity contribution in [1.82, 2.24) is 0 Å². The molecule has 2 N–H and O–H groups in total. The lowest BCUT2D eigenvalue weighted by Gasteiger charge is -2.65. The zero-order chi connectivity index (χ0) is 15.8. The molecule has 0 saturated heterocycles. The van der Waals surface area contributed by atoms with E-state index in [1.165, 1.54) is 32.1 Å². The van der Waals surface area contributed by atoms with E-state index in [2.05, 4.69) is 32.9 Å². The topological polar surface area (TPSA) is 40.5 Å². The maximum atomic E-state index is 10.6. The Labute approximate surface area is 135 Å². The minimum absolute atomic E-state index is 0.127. The van der Waals surface area contributed by atoms with Crippen molar-refractivity contribution in [2.24, 2.45) is 33.5 Å². The highest BCUT2D eigenvalue weighted by molar-refractivity contribution is 5.25. The molecule has 0 aliphatic heterocycles. The van der Waals surface area contributed by atoms with Gasteiger partial charge in [0.25, 0.3) is 0 Å². The molecule has 22 heavy (non-hydrogen) atoms. The van der Waals surface area contributed by atoms with E-state index in [4.69, 9.17) is 0 Å². The van der Waals surface area contributed by atoms with Gasteiger partial charge in [-0.2, -0.15) is 0 Å². The zero-order valence-electron chi connectivity index (χ0n) is 14.4. The molecule has 0 aromatic rings. The fourth-order valence-electron chi connectivity index (χ4n) is 7.38. The van der Waals surface area contributed by atoms with E-state index in [1.807, 2.05) is 0 Å². The molecule has 7 atom stereocenters. The van der Waals surface area contributed by atoms with E-state index < -0.39 is 0 Å². The molecule has 4 aliphatic rings. The van der Waals surface area contributed by atoms with Crippen LogP contribution in [0, 0.1) is 33.5 Å². The standard InChI is InChI=1S/C20H32O2/c1-17-7-4-15-18(2)8-6-16(22)19(3,13-21)14(18)5-9-20(15,12-17)11-10-17/h10-11,14-16,21-22H,4-9,12-13H2,1-3H3/t14-,15+,16+,17+,18+,19-,20-/m0/s1. The first-order valence-corrected chi connectivity index (χ1v) is 9.27. The summed E-state index contributed by atoms with van der Waals surface area (Å²) in [5, 5.41) is 20.6. The van der Waals surface area contributed by atoms with Crippen molar-refractivity contribution in [2.45, 2.75) is 71.8 Å². The number of hydrogen-bond acceptors (Lipinski definition) is 2. The molecule has 0 radical (unpaired) electrons. The van der Waals surface area contributed by atoms with Gasteiger partial charge in [0.05, 0.1) is 12.7 Å². The maximum absolute atomic E-state index is 10.6. The quantitative estimate of drug-likeness (QED) is 0.721. The molecule has 2 nitrogen and oxygen atoms in total. The lowest BCUT2D eigenvalue weighted by Crippen LogP contribution is -2.61. The lowest BCUT2D eigenvalue weighted by atomic mass is 9.40. The third kappa shape index (κ3) is 1.69. The SMILES string of the molecule is C[C@]12C=C[C@@]3(CC[C@@H]4[C@](C)(CO)[C@H](O)CC[C@@]4(C)[C@H]3CC1)C2. The van der Waals surface area contributed by atoms with Crippen LogP contribution in [-0.2, 0) is 0 Å². The molecule has 3 fully saturated rings. The largest absolute Gasteiger partial charge is 0.396 e. The van der Waals surface area contributed by atoms with Gasteiger partial charge in [0.1, 0.15) is 0 Å². The van der Waals surface area contributed by atoms with Crippen LogP contribution in [0.4, 0.5) is 0 Å². The molecule has 0 aromatic carbocycles. The van der Waals surface area contributed by atoms with Gasteiger partial charge in [-0.3, -0.25) is 0 Å². The highest BCUT2D eigenvalue weighted by Crippen LogP contribution is 2.71. The average molecular weight is 304 g/mol. The molecule has 0 amide bonds. The number of fused-ring (bicyclic) bond motifs is 3. The van der Waals surface area contributed by atoms with E-state index in [0.717, 1.165) is 18.8 Å². The van der Waals surface area contributed by atoms with Crippen molar-refractivity contribution in [3.05, 3.63) is 12.2 Å². The summed E-state index contributed by atoms with van der Waals surface area (Å²) in [4.78, 5) is 0. The first-order valence-electron chi connectivity index (χ1n) is 9.27. The highest BCUT2D eigenvalue weighted by Gasteiger charge is 2.64. The van der Waals surface area contributed by atoms with Crippen LogP contribution < -0.4 is 0 Å². The van der Waals surface area contributed by atoms with Crippen molar-refractivity contribution in [1.29, 1.82) is 0 Å². The smallest absolute Gasteiger partial charge is 0.0618 e. The molecule has 4 aliphatic carbocycles. The predicted octanol–water partition coefficient (Wildman–Crippen LogP) is 3.92. The van der Waals surface area contributed by atoms with Crippen LogP contribution in [0.15, 0.2) is 12.2 Å². The Morgan fingerprint density at radius 2 is 1.68 bits per heavy atom. The number of allylic oxidation sites excluding steroid dienone is 2. The molecule has 1 spiro atoms. The van der Waals surface area contributed by atoms with E-state index in [1.54, 1.807) is 0 Å². The van der Waals surface area contributed by atoms with Gasteiger partial charge in [0.15, 0.2) is 0 Å². The Bertz CT molecular complexity index is 514. The fourth-order valence-corrected chi connectivity index (χ4v) is 7.38. The Balaban J connectivity index is 1.74. The average Bonchev–Trinajstić information content (AvgIpc) is 2.73. The van der Waals surface area contributed by atoms with Gasteiger partial charge in [-0.1, -0.05) is 32.9 Å². The first-order chi connectivity index (χ1) is 10.3. The van der Waals surface area contributed by atoms with Crippen molar-refractivity contribution in [3.63, 3.8) is 0 Å². The summed E-state index contributed by atoms with van der Waals surface area (Å²) in [7, 11) is 0. The van der Waals surface area contributed by atoms with Gasteiger partial charge in [0.2, 0.25) is 0 Å². The number of rotatable bonds is 1. The van der Waals surface area contributed by atoms with Crippen LogP contribution in [0.25, 0.3) is 0 Å². The van der Waals surface area contributed by atoms with Crippen molar-refractivity contribution >= 4 is 0 Å². The zero-order valence-corrected chi connectivity index (χ0v) is 14.4. The molecular weight excluding hydrogens is 272 g/mol. The van der Waals surface area contributed by atoms with Crippen molar-refractivity contribution < 1.29 is 10.2 Å². The summed E-state index contributed by atoms with van der Waals surface area (Å²) in [6.07, 6.45) is 13.2. The molecule has 4 rings (SSSR count). The van der Waals surface area contributed by atoms with E-state index in [0.29, 0.717) is 16.7 Å². The van der Waals surface area contributed by atoms with Crippen molar-refractivity contribution in [3.8, 4) is 0 Å². The number of hydrogen-bond donors (Lipinski definition) is 2. The second-order valence-corrected chi connectivity index (χ2v) is 9.80. The Morgan fingerprint density at radius 3 is 2.41 bits per heavy atom. The lowest BCUT2D eigenvalue weighted by molar-refractivity contribution is -0.194. The third-order valence-electron chi connectivity index (χ3n) is 8.59. The van der Waals surface area contributed by atoms with Crippen LogP contribution in [-0.4, -0.2) is 22.9 Å². The van der Waals surface area contributed by atoms with Gasteiger partial charge in [-0.25, -0.2) is 0 Å². The summed E-state index contributed by atoms with van der Waals surface area (Å²) in [6, 6.07) is 0. The van der Waals surface area contributed by atoms with Gasteiger partial charge < -0.3 is 10.2 Å². The number of aliphatic hydroxyl groups is 2. The van der Waals surface area contributed by atoms with Crippen LogP contribution in [0.1, 0.15) is 65.7 Å². The van der Waals surface area contributed by atoms with Gasteiger partial charge in [0, 0.05) is 5.41 Å². The molecule has 2 heteroatoms. The molecule has 2 bridgehead atoms. The van der Waals surface area contributed by atoms with E-state index in [9.17, 15) is 10.2 Å². The van der Waals surface area contributed by atoms with Crippen molar-refractivity contribution in [2.75, 3.05) is 6.61 Å². The summed E-state index contributed by atoms with van der Waals surface area (Å²) >= 11 is 0. The van der Waals surface area contributed by atoms with Gasteiger partial charge in [-0.15, -0.1) is 0 Å². The van der Waals surface area contributed by atoms with Crippen LogP contribution in [0.3, 0.4) is 0 Å². The normalized spacial score (nSPS) is 60.0. The monoisotopic (exact) mass is 304 g/mol. The molecule has 3 saturated carbocycles. The maximum Gasteiger partial charge on any atom is 0.0618 e. The molecule has 0 unspecified atom stereocenters. The van der Waals surface area contributed by atoms with E-state index >= 15 is 0 Å². The minimum Gasteiger partial charge on any atom is -0.396 e. The number of aliphatic hydroxyl groups excluding tert-OH is 2. The summed E-state index contributed by atoms with van der Waals surface area (Å²) in [6.45, 7) is 7.18. The first kappa shape index (κ1) is 15.2. The molecular formula is C20H32O2. The Hall–Kier alpha value is -0.340. The van der Waals surface area contributed by atoms with Crippen LogP contribution >= 0.6 is 0 Å². The third-order valence-corrected chi connectivity index (χ3v) is 8.59. The van der Waals surface area contributed by atoms with E-state index in [-0.39, 0.29) is 23.5 Å². The predicted molar refractivity (Wildman–Crippen MR) is 88.3 cm³/mol. The van der Waals surface area contributed by atoms with Crippen LogP contribution in [0.2, 0.25) is 0 Å². The minimum atomic E-state index is -0.336. The Morgan fingerprint density at radius 1 is 0.955 bits per heavy atom. The molecule has 0 aromatic heterocycles. The van der Waals surface area contributed by atoms with Gasteiger partial charge >= 0.3 is 0 Å². The summed E-state index contributed by atoms with van der Waals surface area (Å²) < 4.78 is 0. The molecule has 124 valence electrons. The fraction of sp³-hybridized carbons (Fsp3) is 0.900. The summed E-state index contributed by atoms with van der Waals surface area (Å²) in [5.74, 6) is 1.20. The second-order valence-electron chi connectivity index (χ2n) is 9.80.